The fraction of sp³-hybridized carbons (Fsp3) is 0.231. The molecule has 0 heterocycles. The van der Waals surface area contributed by atoms with Gasteiger partial charge in [-0.1, -0.05) is 36.2 Å². The Balaban J connectivity index is 2.81. The molecule has 1 rings (SSSR count). The van der Waals surface area contributed by atoms with E-state index in [0.717, 1.165) is 6.42 Å². The van der Waals surface area contributed by atoms with E-state index in [9.17, 15) is 4.79 Å². The van der Waals surface area contributed by atoms with Gasteiger partial charge in [0.25, 0.3) is 5.91 Å². The van der Waals surface area contributed by atoms with Crippen LogP contribution in [0.5, 0.6) is 0 Å². The van der Waals surface area contributed by atoms with Gasteiger partial charge < -0.3 is 10.6 Å². The van der Waals surface area contributed by atoms with Crippen molar-refractivity contribution < 1.29 is 4.79 Å². The Morgan fingerprint density at radius 3 is 2.84 bits per heavy atom. The molecule has 1 aromatic rings. The Kier molecular flexibility index (Phi) is 6.20. The average Bonchev–Trinajstić information content (AvgIpc) is 2.40. The molecule has 0 aliphatic rings. The first kappa shape index (κ1) is 15.4. The fourth-order valence-electron chi connectivity index (χ4n) is 1.26. The van der Waals surface area contributed by atoms with Crippen LogP contribution < -0.4 is 10.6 Å². The van der Waals surface area contributed by atoms with E-state index in [1.807, 2.05) is 13.0 Å². The molecule has 100 valence electrons. The molecule has 0 radical (unpaired) electrons. The molecule has 0 saturated heterocycles. The molecule has 4 nitrogen and oxygen atoms in total. The summed E-state index contributed by atoms with van der Waals surface area (Å²) in [6.45, 7) is 2.68. The first-order chi connectivity index (χ1) is 9.10. The minimum Gasteiger partial charge on any atom is -0.390 e. The predicted molar refractivity (Wildman–Crippen MR) is 77.1 cm³/mol. The maximum Gasteiger partial charge on any atom is 0.267 e. The monoisotopic (exact) mass is 297 g/mol. The topological polar surface area (TPSA) is 64.9 Å². The summed E-state index contributed by atoms with van der Waals surface area (Å²) < 4.78 is 0. The average molecular weight is 298 g/mol. The first-order valence-corrected chi connectivity index (χ1v) is 6.44. The SMILES string of the molecule is CCCN/C=C(/C#N)C(=O)Nc1cccc(Cl)c1Cl. The van der Waals surface area contributed by atoms with Crippen LogP contribution in [0.1, 0.15) is 13.3 Å². The van der Waals surface area contributed by atoms with Gasteiger partial charge >= 0.3 is 0 Å². The van der Waals surface area contributed by atoms with Gasteiger partial charge in [-0.25, -0.2) is 0 Å². The summed E-state index contributed by atoms with van der Waals surface area (Å²) in [7, 11) is 0. The second kappa shape index (κ2) is 7.67. The van der Waals surface area contributed by atoms with Crippen molar-refractivity contribution in [3.8, 4) is 6.07 Å². The number of halogens is 2. The van der Waals surface area contributed by atoms with Crippen molar-refractivity contribution in [1.82, 2.24) is 5.32 Å². The third-order valence-corrected chi connectivity index (χ3v) is 3.02. The number of carbonyl (C=O) groups is 1. The molecule has 0 fully saturated rings. The van der Waals surface area contributed by atoms with E-state index in [1.165, 1.54) is 6.20 Å². The summed E-state index contributed by atoms with van der Waals surface area (Å²) in [4.78, 5) is 11.9. The van der Waals surface area contributed by atoms with E-state index >= 15 is 0 Å². The normalized spacial score (nSPS) is 10.7. The van der Waals surface area contributed by atoms with Crippen LogP contribution in [0, 0.1) is 11.3 Å². The number of hydrogen-bond acceptors (Lipinski definition) is 3. The van der Waals surface area contributed by atoms with E-state index in [0.29, 0.717) is 17.3 Å². The third-order valence-electron chi connectivity index (χ3n) is 2.21. The van der Waals surface area contributed by atoms with Crippen LogP contribution in [0.2, 0.25) is 10.0 Å². The van der Waals surface area contributed by atoms with Crippen molar-refractivity contribution >= 4 is 34.8 Å². The minimum atomic E-state index is -0.532. The Bertz CT molecular complexity index is 535. The van der Waals surface area contributed by atoms with Crippen molar-refractivity contribution in [3.05, 3.63) is 40.0 Å². The van der Waals surface area contributed by atoms with Crippen LogP contribution >= 0.6 is 23.2 Å². The summed E-state index contributed by atoms with van der Waals surface area (Å²) in [5.41, 5.74) is 0.348. The lowest BCUT2D eigenvalue weighted by Gasteiger charge is -2.07. The van der Waals surface area contributed by atoms with Gasteiger partial charge in [0.05, 0.1) is 15.7 Å². The molecule has 0 aromatic heterocycles. The quantitative estimate of drug-likeness (QED) is 0.498. The van der Waals surface area contributed by atoms with Crippen molar-refractivity contribution in [3.63, 3.8) is 0 Å². The molecule has 0 bridgehead atoms. The largest absolute Gasteiger partial charge is 0.390 e. The second-order valence-corrected chi connectivity index (χ2v) is 4.46. The lowest BCUT2D eigenvalue weighted by atomic mass is 10.2. The van der Waals surface area contributed by atoms with Crippen molar-refractivity contribution in [2.24, 2.45) is 0 Å². The Morgan fingerprint density at radius 2 is 2.21 bits per heavy atom. The predicted octanol–water partition coefficient (Wildman–Crippen LogP) is 3.34. The number of anilines is 1. The van der Waals surface area contributed by atoms with Crippen molar-refractivity contribution in [2.45, 2.75) is 13.3 Å². The smallest absolute Gasteiger partial charge is 0.267 e. The van der Waals surface area contributed by atoms with Crippen LogP contribution in [0.4, 0.5) is 5.69 Å². The van der Waals surface area contributed by atoms with Crippen molar-refractivity contribution in [2.75, 3.05) is 11.9 Å². The second-order valence-electron chi connectivity index (χ2n) is 3.68. The lowest BCUT2D eigenvalue weighted by molar-refractivity contribution is -0.112. The molecule has 1 amide bonds. The van der Waals surface area contributed by atoms with Gasteiger partial charge in [0.2, 0.25) is 0 Å². The number of benzene rings is 1. The van der Waals surface area contributed by atoms with Crippen LogP contribution in [-0.4, -0.2) is 12.5 Å². The van der Waals surface area contributed by atoms with E-state index in [4.69, 9.17) is 28.5 Å². The third kappa shape index (κ3) is 4.47. The molecule has 0 aliphatic carbocycles. The molecule has 2 N–H and O–H groups in total. The van der Waals surface area contributed by atoms with Gasteiger partial charge in [-0.05, 0) is 18.6 Å². The number of nitrogens with zero attached hydrogens (tertiary/aromatic N) is 1. The first-order valence-electron chi connectivity index (χ1n) is 5.69. The molecular weight excluding hydrogens is 285 g/mol. The standard InChI is InChI=1S/C13H13Cl2N3O/c1-2-6-17-8-9(7-16)13(19)18-11-5-3-4-10(14)12(11)15/h3-5,8,17H,2,6H2,1H3,(H,18,19)/b9-8-. The molecule has 1 aromatic carbocycles. The Morgan fingerprint density at radius 1 is 1.47 bits per heavy atom. The van der Waals surface area contributed by atoms with Gasteiger partial charge in [0, 0.05) is 12.7 Å². The lowest BCUT2D eigenvalue weighted by Crippen LogP contribution is -2.17. The summed E-state index contributed by atoms with van der Waals surface area (Å²) in [6, 6.07) is 6.71. The number of rotatable bonds is 5. The summed E-state index contributed by atoms with van der Waals surface area (Å²) in [5, 5.41) is 14.9. The summed E-state index contributed by atoms with van der Waals surface area (Å²) in [6.07, 6.45) is 2.29. The zero-order valence-electron chi connectivity index (χ0n) is 10.3. The van der Waals surface area contributed by atoms with E-state index < -0.39 is 5.91 Å². The van der Waals surface area contributed by atoms with Crippen LogP contribution in [0.3, 0.4) is 0 Å². The molecule has 0 aliphatic heterocycles. The van der Waals surface area contributed by atoms with Crippen molar-refractivity contribution in [1.29, 1.82) is 5.26 Å². The highest BCUT2D eigenvalue weighted by molar-refractivity contribution is 6.44. The van der Waals surface area contributed by atoms with Gasteiger partial charge in [0.15, 0.2) is 0 Å². The molecular formula is C13H13Cl2N3O. The highest BCUT2D eigenvalue weighted by Crippen LogP contribution is 2.29. The maximum atomic E-state index is 11.9. The van der Waals surface area contributed by atoms with Gasteiger partial charge in [0.1, 0.15) is 11.6 Å². The van der Waals surface area contributed by atoms with Crippen LogP contribution in [0.15, 0.2) is 30.0 Å². The van der Waals surface area contributed by atoms with Crippen LogP contribution in [0.25, 0.3) is 0 Å². The zero-order chi connectivity index (χ0) is 14.3. The number of nitriles is 1. The number of nitrogens with one attached hydrogen (secondary N) is 2. The highest BCUT2D eigenvalue weighted by atomic mass is 35.5. The minimum absolute atomic E-state index is 0.0236. The van der Waals surface area contributed by atoms with E-state index in [2.05, 4.69) is 10.6 Å². The Labute approximate surface area is 122 Å². The summed E-state index contributed by atoms with van der Waals surface area (Å²) >= 11 is 11.8. The van der Waals surface area contributed by atoms with Gasteiger partial charge in [-0.15, -0.1) is 0 Å². The molecule has 19 heavy (non-hydrogen) atoms. The Hall–Kier alpha value is -1.70. The maximum absolute atomic E-state index is 11.9. The molecule has 0 atom stereocenters. The van der Waals surface area contributed by atoms with E-state index in [1.54, 1.807) is 18.2 Å². The molecule has 0 unspecified atom stereocenters. The number of hydrogen-bond donors (Lipinski definition) is 2. The van der Waals surface area contributed by atoms with Gasteiger partial charge in [-0.3, -0.25) is 4.79 Å². The highest BCUT2D eigenvalue weighted by Gasteiger charge is 2.12. The number of carbonyl (C=O) groups excluding carboxylic acids is 1. The summed E-state index contributed by atoms with van der Waals surface area (Å²) in [5.74, 6) is -0.532. The van der Waals surface area contributed by atoms with Gasteiger partial charge in [-0.2, -0.15) is 5.26 Å². The molecule has 0 spiro atoms. The van der Waals surface area contributed by atoms with E-state index in [-0.39, 0.29) is 10.6 Å². The van der Waals surface area contributed by atoms with Crippen LogP contribution in [-0.2, 0) is 4.79 Å². The molecule has 0 saturated carbocycles. The number of amides is 1. The zero-order valence-corrected chi connectivity index (χ0v) is 11.8. The fourth-order valence-corrected chi connectivity index (χ4v) is 1.60. The molecule has 6 heteroatoms.